The molecule has 5 heteroatoms. The molecule has 1 aromatic heterocycles. The Kier molecular flexibility index (Phi) is 4.35. The highest BCUT2D eigenvalue weighted by atomic mass is 16.5. The zero-order valence-electron chi connectivity index (χ0n) is 14.4. The van der Waals surface area contributed by atoms with Gasteiger partial charge in [-0.3, -0.25) is 4.79 Å². The number of ketones is 1. The molecule has 0 spiro atoms. The predicted octanol–water partition coefficient (Wildman–Crippen LogP) is 4.17. The molecule has 0 saturated carbocycles. The number of fused-ring (bicyclic) bond motifs is 1. The van der Waals surface area contributed by atoms with E-state index in [0.717, 1.165) is 40.9 Å². The molecule has 26 heavy (non-hydrogen) atoms. The van der Waals surface area contributed by atoms with Crippen LogP contribution in [0.3, 0.4) is 0 Å². The van der Waals surface area contributed by atoms with E-state index in [0.29, 0.717) is 11.7 Å². The van der Waals surface area contributed by atoms with Crippen molar-refractivity contribution in [2.45, 2.75) is 26.4 Å². The summed E-state index contributed by atoms with van der Waals surface area (Å²) in [6.07, 6.45) is 3.63. The van der Waals surface area contributed by atoms with Crippen molar-refractivity contribution in [1.29, 1.82) is 0 Å². The Bertz CT molecular complexity index is 971. The average molecular weight is 346 g/mol. The lowest BCUT2D eigenvalue weighted by Crippen LogP contribution is -2.13. The number of carbonyl (C=O) groups is 1. The Morgan fingerprint density at radius 1 is 1.12 bits per heavy atom. The van der Waals surface area contributed by atoms with Crippen molar-refractivity contribution >= 4 is 11.9 Å². The molecule has 0 N–H and O–H groups in total. The monoisotopic (exact) mass is 346 g/mol. The van der Waals surface area contributed by atoms with Crippen molar-refractivity contribution < 1.29 is 14.1 Å². The van der Waals surface area contributed by atoms with Gasteiger partial charge in [-0.15, -0.1) is 0 Å². The second kappa shape index (κ2) is 6.96. The standard InChI is InChI=1S/C21H18N2O3/c1-14-22-20(23-26-14)13-25-18-10-6-15(7-11-18)12-17-9-8-16-4-2-3-5-19(16)21(17)24/h2-7,10-12H,8-9,13H2,1H3/b17-12+. The lowest BCUT2D eigenvalue weighted by Gasteiger charge is -2.17. The molecule has 0 aliphatic heterocycles. The molecule has 0 fully saturated rings. The SMILES string of the molecule is Cc1nc(COc2ccc(/C=C3\CCc4ccccc4C3=O)cc2)no1. The third kappa shape index (κ3) is 3.42. The van der Waals surface area contributed by atoms with Gasteiger partial charge in [0.15, 0.2) is 12.4 Å². The molecule has 1 aliphatic carbocycles. The molecular formula is C21H18N2O3. The van der Waals surface area contributed by atoms with Gasteiger partial charge in [0, 0.05) is 18.1 Å². The van der Waals surface area contributed by atoms with Crippen molar-refractivity contribution in [2.24, 2.45) is 0 Å². The molecule has 0 unspecified atom stereocenters. The average Bonchev–Trinajstić information content (AvgIpc) is 3.09. The quantitative estimate of drug-likeness (QED) is 0.663. The lowest BCUT2D eigenvalue weighted by atomic mass is 9.86. The van der Waals surface area contributed by atoms with Crippen LogP contribution in [-0.4, -0.2) is 15.9 Å². The normalized spacial score (nSPS) is 15.1. The van der Waals surface area contributed by atoms with Gasteiger partial charge < -0.3 is 9.26 Å². The highest BCUT2D eigenvalue weighted by molar-refractivity contribution is 6.13. The van der Waals surface area contributed by atoms with Crippen LogP contribution in [0.15, 0.2) is 58.6 Å². The Hall–Kier alpha value is -3.21. The maximum atomic E-state index is 12.6. The third-order valence-corrected chi connectivity index (χ3v) is 4.38. The minimum atomic E-state index is 0.125. The highest BCUT2D eigenvalue weighted by Gasteiger charge is 2.21. The molecule has 0 radical (unpaired) electrons. The Labute approximate surface area is 151 Å². The predicted molar refractivity (Wildman–Crippen MR) is 96.9 cm³/mol. The summed E-state index contributed by atoms with van der Waals surface area (Å²) in [5, 5.41) is 3.79. The van der Waals surface area contributed by atoms with Gasteiger partial charge in [-0.1, -0.05) is 41.6 Å². The minimum Gasteiger partial charge on any atom is -0.485 e. The summed E-state index contributed by atoms with van der Waals surface area (Å²) < 4.78 is 10.6. The van der Waals surface area contributed by atoms with Gasteiger partial charge in [-0.25, -0.2) is 0 Å². The molecule has 5 nitrogen and oxygen atoms in total. The van der Waals surface area contributed by atoms with Crippen LogP contribution in [0.25, 0.3) is 6.08 Å². The summed E-state index contributed by atoms with van der Waals surface area (Å²) in [6.45, 7) is 2.00. The van der Waals surface area contributed by atoms with E-state index >= 15 is 0 Å². The summed E-state index contributed by atoms with van der Waals surface area (Å²) in [5.74, 6) is 1.87. The van der Waals surface area contributed by atoms with Gasteiger partial charge in [0.25, 0.3) is 0 Å². The summed E-state index contributed by atoms with van der Waals surface area (Å²) in [6, 6.07) is 15.5. The van der Waals surface area contributed by atoms with Crippen LogP contribution in [0.1, 0.15) is 39.6 Å². The second-order valence-corrected chi connectivity index (χ2v) is 6.24. The lowest BCUT2D eigenvalue weighted by molar-refractivity contribution is 0.102. The van der Waals surface area contributed by atoms with Crippen molar-refractivity contribution in [1.82, 2.24) is 10.1 Å². The summed E-state index contributed by atoms with van der Waals surface area (Å²) in [4.78, 5) is 16.7. The van der Waals surface area contributed by atoms with Crippen LogP contribution in [-0.2, 0) is 13.0 Å². The number of carbonyl (C=O) groups excluding carboxylic acids is 1. The molecule has 4 rings (SSSR count). The van der Waals surface area contributed by atoms with Crippen molar-refractivity contribution in [3.05, 3.63) is 82.5 Å². The molecular weight excluding hydrogens is 328 g/mol. The second-order valence-electron chi connectivity index (χ2n) is 6.24. The molecule has 2 aromatic carbocycles. The summed E-state index contributed by atoms with van der Waals surface area (Å²) in [5.41, 5.74) is 3.78. The fourth-order valence-electron chi connectivity index (χ4n) is 3.06. The Morgan fingerprint density at radius 3 is 2.69 bits per heavy atom. The molecule has 130 valence electrons. The van der Waals surface area contributed by atoms with Gasteiger partial charge in [-0.2, -0.15) is 4.98 Å². The summed E-state index contributed by atoms with van der Waals surface area (Å²) >= 11 is 0. The molecule has 0 saturated heterocycles. The van der Waals surface area contributed by atoms with E-state index < -0.39 is 0 Å². The molecule has 0 amide bonds. The topological polar surface area (TPSA) is 65.2 Å². The van der Waals surface area contributed by atoms with Gasteiger partial charge in [0.05, 0.1) is 0 Å². The van der Waals surface area contributed by atoms with E-state index in [-0.39, 0.29) is 12.4 Å². The van der Waals surface area contributed by atoms with Crippen molar-refractivity contribution in [3.63, 3.8) is 0 Å². The first kappa shape index (κ1) is 16.3. The number of aromatic nitrogens is 2. The van der Waals surface area contributed by atoms with Crippen LogP contribution in [0, 0.1) is 6.92 Å². The fraction of sp³-hybridized carbons (Fsp3) is 0.190. The van der Waals surface area contributed by atoms with Crippen LogP contribution >= 0.6 is 0 Å². The van der Waals surface area contributed by atoms with Gasteiger partial charge >= 0.3 is 0 Å². The van der Waals surface area contributed by atoms with E-state index in [1.807, 2.05) is 54.6 Å². The van der Waals surface area contributed by atoms with Crippen molar-refractivity contribution in [3.8, 4) is 5.75 Å². The minimum absolute atomic E-state index is 0.125. The van der Waals surface area contributed by atoms with Gasteiger partial charge in [0.1, 0.15) is 5.75 Å². The Balaban J connectivity index is 1.45. The Morgan fingerprint density at radius 2 is 1.92 bits per heavy atom. The molecule has 1 heterocycles. The third-order valence-electron chi connectivity index (χ3n) is 4.38. The molecule has 0 bridgehead atoms. The zero-order chi connectivity index (χ0) is 17.9. The highest BCUT2D eigenvalue weighted by Crippen LogP contribution is 2.27. The van der Waals surface area contributed by atoms with E-state index in [4.69, 9.17) is 9.26 Å². The maximum Gasteiger partial charge on any atom is 0.223 e. The zero-order valence-corrected chi connectivity index (χ0v) is 14.4. The van der Waals surface area contributed by atoms with Gasteiger partial charge in [-0.05, 0) is 42.2 Å². The first-order chi connectivity index (χ1) is 12.7. The molecule has 3 aromatic rings. The fourth-order valence-corrected chi connectivity index (χ4v) is 3.06. The number of Topliss-reactive ketones (excluding diaryl/α,β-unsaturated/α-hetero) is 1. The van der Waals surface area contributed by atoms with E-state index in [1.165, 1.54) is 0 Å². The number of rotatable bonds is 4. The maximum absolute atomic E-state index is 12.6. The van der Waals surface area contributed by atoms with Crippen molar-refractivity contribution in [2.75, 3.05) is 0 Å². The number of aryl methyl sites for hydroxylation is 2. The number of ether oxygens (including phenoxy) is 1. The molecule has 1 aliphatic rings. The number of allylic oxidation sites excluding steroid dienone is 1. The number of nitrogens with zero attached hydrogens (tertiary/aromatic N) is 2. The van der Waals surface area contributed by atoms with E-state index in [9.17, 15) is 4.79 Å². The first-order valence-corrected chi connectivity index (χ1v) is 8.54. The van der Waals surface area contributed by atoms with Crippen LogP contribution in [0.4, 0.5) is 0 Å². The largest absolute Gasteiger partial charge is 0.485 e. The molecule has 0 atom stereocenters. The van der Waals surface area contributed by atoms with E-state index in [2.05, 4.69) is 10.1 Å². The van der Waals surface area contributed by atoms with Gasteiger partial charge in [0.2, 0.25) is 11.7 Å². The van der Waals surface area contributed by atoms with Crippen LogP contribution in [0.5, 0.6) is 5.75 Å². The number of hydrogen-bond acceptors (Lipinski definition) is 5. The smallest absolute Gasteiger partial charge is 0.223 e. The number of benzene rings is 2. The summed E-state index contributed by atoms with van der Waals surface area (Å²) in [7, 11) is 0. The van der Waals surface area contributed by atoms with Crippen LogP contribution < -0.4 is 4.74 Å². The van der Waals surface area contributed by atoms with E-state index in [1.54, 1.807) is 6.92 Å². The van der Waals surface area contributed by atoms with Crippen LogP contribution in [0.2, 0.25) is 0 Å². The first-order valence-electron chi connectivity index (χ1n) is 8.54. The number of hydrogen-bond donors (Lipinski definition) is 0.